The first-order chi connectivity index (χ1) is 9.92. The van der Waals surface area contributed by atoms with Gasteiger partial charge in [0.1, 0.15) is 0 Å². The Morgan fingerprint density at radius 3 is 2.65 bits per heavy atom. The number of thioether (sulfide) groups is 1. The SMILES string of the molecule is c1ccc(COC2CCN(C3CCSCC3)CC2)nc1. The molecular formula is C16H24N2OS. The van der Waals surface area contributed by atoms with Crippen molar-refractivity contribution in [3.63, 3.8) is 0 Å². The van der Waals surface area contributed by atoms with Crippen molar-refractivity contribution < 1.29 is 4.74 Å². The zero-order valence-corrected chi connectivity index (χ0v) is 12.9. The Bertz CT molecular complexity index is 387. The van der Waals surface area contributed by atoms with Crippen molar-refractivity contribution in [2.45, 2.75) is 44.4 Å². The maximum atomic E-state index is 6.01. The van der Waals surface area contributed by atoms with Crippen LogP contribution >= 0.6 is 11.8 Å². The maximum Gasteiger partial charge on any atom is 0.0891 e. The average Bonchev–Trinajstić information content (AvgIpc) is 2.55. The van der Waals surface area contributed by atoms with Crippen molar-refractivity contribution in [3.05, 3.63) is 30.1 Å². The van der Waals surface area contributed by atoms with Crippen LogP contribution in [0, 0.1) is 0 Å². The molecule has 3 nitrogen and oxygen atoms in total. The molecule has 3 rings (SSSR count). The summed E-state index contributed by atoms with van der Waals surface area (Å²) >= 11 is 2.11. The van der Waals surface area contributed by atoms with Gasteiger partial charge >= 0.3 is 0 Å². The molecule has 4 heteroatoms. The van der Waals surface area contributed by atoms with Gasteiger partial charge in [0, 0.05) is 25.3 Å². The molecule has 0 unspecified atom stereocenters. The highest BCUT2D eigenvalue weighted by Crippen LogP contribution is 2.25. The van der Waals surface area contributed by atoms with Crippen molar-refractivity contribution in [2.24, 2.45) is 0 Å². The van der Waals surface area contributed by atoms with Crippen molar-refractivity contribution in [2.75, 3.05) is 24.6 Å². The smallest absolute Gasteiger partial charge is 0.0891 e. The second kappa shape index (κ2) is 7.43. The Balaban J connectivity index is 1.40. The normalized spacial score (nSPS) is 23.0. The maximum absolute atomic E-state index is 6.01. The highest BCUT2D eigenvalue weighted by Gasteiger charge is 2.26. The number of hydrogen-bond acceptors (Lipinski definition) is 4. The molecule has 110 valence electrons. The van der Waals surface area contributed by atoms with Crippen LogP contribution in [0.5, 0.6) is 0 Å². The number of likely N-dealkylation sites (tertiary alicyclic amines) is 1. The predicted octanol–water partition coefficient (Wildman–Crippen LogP) is 2.96. The van der Waals surface area contributed by atoms with Gasteiger partial charge in [-0.1, -0.05) is 6.07 Å². The fourth-order valence-electron chi connectivity index (χ4n) is 3.14. The van der Waals surface area contributed by atoms with E-state index in [1.165, 1.54) is 50.3 Å². The van der Waals surface area contributed by atoms with E-state index in [9.17, 15) is 0 Å². The molecule has 0 N–H and O–H groups in total. The van der Waals surface area contributed by atoms with Crippen LogP contribution in [0.1, 0.15) is 31.4 Å². The molecule has 0 radical (unpaired) electrons. The van der Waals surface area contributed by atoms with Gasteiger partial charge in [0.2, 0.25) is 0 Å². The zero-order valence-electron chi connectivity index (χ0n) is 12.0. The van der Waals surface area contributed by atoms with E-state index in [0.717, 1.165) is 11.7 Å². The van der Waals surface area contributed by atoms with Gasteiger partial charge in [-0.05, 0) is 49.3 Å². The molecule has 0 aliphatic carbocycles. The molecule has 2 aliphatic heterocycles. The molecule has 0 saturated carbocycles. The third kappa shape index (κ3) is 3.96. The van der Waals surface area contributed by atoms with Crippen LogP contribution in [-0.2, 0) is 11.3 Å². The van der Waals surface area contributed by atoms with E-state index in [2.05, 4.69) is 21.6 Å². The summed E-state index contributed by atoms with van der Waals surface area (Å²) in [6.45, 7) is 3.08. The van der Waals surface area contributed by atoms with Crippen molar-refractivity contribution in [1.82, 2.24) is 9.88 Å². The van der Waals surface area contributed by atoms with E-state index in [4.69, 9.17) is 4.74 Å². The molecule has 20 heavy (non-hydrogen) atoms. The summed E-state index contributed by atoms with van der Waals surface area (Å²) < 4.78 is 6.01. The minimum Gasteiger partial charge on any atom is -0.372 e. The summed E-state index contributed by atoms with van der Waals surface area (Å²) in [4.78, 5) is 7.01. The van der Waals surface area contributed by atoms with Gasteiger partial charge < -0.3 is 9.64 Å². The van der Waals surface area contributed by atoms with Gasteiger partial charge in [0.05, 0.1) is 18.4 Å². The number of aromatic nitrogens is 1. The van der Waals surface area contributed by atoms with E-state index in [0.29, 0.717) is 12.7 Å². The lowest BCUT2D eigenvalue weighted by Crippen LogP contribution is -2.44. The van der Waals surface area contributed by atoms with E-state index in [1.807, 2.05) is 24.4 Å². The Morgan fingerprint density at radius 1 is 1.15 bits per heavy atom. The molecule has 1 aromatic heterocycles. The van der Waals surface area contributed by atoms with Crippen molar-refractivity contribution >= 4 is 11.8 Å². The topological polar surface area (TPSA) is 25.4 Å². The van der Waals surface area contributed by atoms with E-state index in [1.54, 1.807) is 0 Å². The monoisotopic (exact) mass is 292 g/mol. The molecular weight excluding hydrogens is 268 g/mol. The van der Waals surface area contributed by atoms with Crippen LogP contribution in [0.3, 0.4) is 0 Å². The van der Waals surface area contributed by atoms with Gasteiger partial charge in [-0.15, -0.1) is 0 Å². The van der Waals surface area contributed by atoms with Gasteiger partial charge in [-0.25, -0.2) is 0 Å². The van der Waals surface area contributed by atoms with E-state index >= 15 is 0 Å². The van der Waals surface area contributed by atoms with Crippen LogP contribution in [-0.4, -0.2) is 46.6 Å². The molecule has 1 aromatic rings. The first kappa shape index (κ1) is 14.4. The highest BCUT2D eigenvalue weighted by atomic mass is 32.2. The number of ether oxygens (including phenoxy) is 1. The summed E-state index contributed by atoms with van der Waals surface area (Å²) in [6, 6.07) is 6.85. The summed E-state index contributed by atoms with van der Waals surface area (Å²) in [6.07, 6.45) is 7.37. The van der Waals surface area contributed by atoms with E-state index < -0.39 is 0 Å². The van der Waals surface area contributed by atoms with Crippen LogP contribution in [0.4, 0.5) is 0 Å². The van der Waals surface area contributed by atoms with Gasteiger partial charge in [-0.3, -0.25) is 4.98 Å². The number of hydrogen-bond donors (Lipinski definition) is 0. The van der Waals surface area contributed by atoms with E-state index in [-0.39, 0.29) is 0 Å². The molecule has 0 atom stereocenters. The lowest BCUT2D eigenvalue weighted by molar-refractivity contribution is -0.0129. The van der Waals surface area contributed by atoms with Gasteiger partial charge in [0.15, 0.2) is 0 Å². The lowest BCUT2D eigenvalue weighted by Gasteiger charge is -2.39. The van der Waals surface area contributed by atoms with Gasteiger partial charge in [-0.2, -0.15) is 11.8 Å². The zero-order chi connectivity index (χ0) is 13.6. The summed E-state index contributed by atoms with van der Waals surface area (Å²) in [5.41, 5.74) is 1.04. The molecule has 3 heterocycles. The fourth-order valence-corrected chi connectivity index (χ4v) is 4.23. The van der Waals surface area contributed by atoms with Crippen LogP contribution in [0.25, 0.3) is 0 Å². The second-order valence-corrected chi connectivity index (χ2v) is 6.94. The summed E-state index contributed by atoms with van der Waals surface area (Å²) in [5.74, 6) is 2.70. The Labute approximate surface area is 126 Å². The Kier molecular flexibility index (Phi) is 5.34. The first-order valence-corrected chi connectivity index (χ1v) is 8.90. The average molecular weight is 292 g/mol. The Hall–Kier alpha value is -0.580. The Morgan fingerprint density at radius 2 is 1.95 bits per heavy atom. The number of nitrogens with zero attached hydrogens (tertiary/aromatic N) is 2. The minimum absolute atomic E-state index is 0.422. The standard InChI is InChI=1S/C16H24N2OS/c1-2-8-17-14(3-1)13-19-16-4-9-18(10-5-16)15-6-11-20-12-7-15/h1-3,8,15-16H,4-7,9-13H2. The van der Waals surface area contributed by atoms with Crippen molar-refractivity contribution in [3.8, 4) is 0 Å². The van der Waals surface area contributed by atoms with Crippen LogP contribution < -0.4 is 0 Å². The summed E-state index contributed by atoms with van der Waals surface area (Å²) in [7, 11) is 0. The third-order valence-corrected chi connectivity index (χ3v) is 5.43. The largest absolute Gasteiger partial charge is 0.372 e. The fraction of sp³-hybridized carbons (Fsp3) is 0.688. The first-order valence-electron chi connectivity index (χ1n) is 7.75. The highest BCUT2D eigenvalue weighted by molar-refractivity contribution is 7.99. The number of piperidine rings is 1. The molecule has 2 aliphatic rings. The molecule has 2 saturated heterocycles. The lowest BCUT2D eigenvalue weighted by atomic mass is 10.0. The second-order valence-electron chi connectivity index (χ2n) is 5.71. The quantitative estimate of drug-likeness (QED) is 0.852. The van der Waals surface area contributed by atoms with Crippen LogP contribution in [0.15, 0.2) is 24.4 Å². The number of pyridine rings is 1. The van der Waals surface area contributed by atoms with Crippen molar-refractivity contribution in [1.29, 1.82) is 0 Å². The molecule has 0 amide bonds. The molecule has 0 aromatic carbocycles. The van der Waals surface area contributed by atoms with Crippen LogP contribution in [0.2, 0.25) is 0 Å². The van der Waals surface area contributed by atoms with Gasteiger partial charge in [0.25, 0.3) is 0 Å². The minimum atomic E-state index is 0.422. The molecule has 0 bridgehead atoms. The predicted molar refractivity (Wildman–Crippen MR) is 84.0 cm³/mol. The third-order valence-electron chi connectivity index (χ3n) is 4.38. The molecule has 2 fully saturated rings. The molecule has 0 spiro atoms. The number of rotatable bonds is 4. The summed E-state index contributed by atoms with van der Waals surface area (Å²) in [5, 5.41) is 0.